The van der Waals surface area contributed by atoms with Crippen LogP contribution in [0.1, 0.15) is 11.3 Å². The van der Waals surface area contributed by atoms with Gasteiger partial charge in [-0.15, -0.1) is 13.2 Å². The molecule has 0 radical (unpaired) electrons. The largest absolute Gasteiger partial charge is 0.573 e. The first-order chi connectivity index (χ1) is 10.0. The van der Waals surface area contributed by atoms with Crippen LogP contribution in [0.3, 0.4) is 0 Å². The van der Waals surface area contributed by atoms with Gasteiger partial charge in [-0.05, 0) is 39.7 Å². The third-order valence-corrected chi connectivity index (χ3v) is 6.32. The van der Waals surface area contributed by atoms with Gasteiger partial charge in [0, 0.05) is 5.75 Å². The summed E-state index contributed by atoms with van der Waals surface area (Å²) in [5, 5.41) is 0. The Morgan fingerprint density at radius 1 is 1.00 bits per heavy atom. The molecule has 8 heteroatoms. The number of rotatable bonds is 7. The lowest BCUT2D eigenvalue weighted by Gasteiger charge is -2.09. The number of benzene rings is 1. The number of alkyl halides is 3. The number of halogens is 3. The van der Waals surface area contributed by atoms with Crippen LogP contribution in [-0.2, 0) is 11.5 Å². The normalized spacial score (nSPS) is 11.6. The summed E-state index contributed by atoms with van der Waals surface area (Å²) >= 11 is 0. The van der Waals surface area contributed by atoms with Crippen LogP contribution in [0.25, 0.3) is 0 Å². The van der Waals surface area contributed by atoms with Gasteiger partial charge >= 0.3 is 6.36 Å². The Kier molecular flexibility index (Phi) is 6.25. The molecule has 114 valence electrons. The minimum atomic E-state index is -4.64. The highest BCUT2D eigenvalue weighted by atomic mass is 33.5. The zero-order valence-corrected chi connectivity index (χ0v) is 13.1. The van der Waals surface area contributed by atoms with E-state index in [1.165, 1.54) is 12.1 Å². The minimum absolute atomic E-state index is 0.198. The molecular formula is C13H11F3O2S3. The van der Waals surface area contributed by atoms with Crippen LogP contribution >= 0.6 is 31.4 Å². The SMILES string of the molecule is FC(F)(F)Oc1ccc(CSSSCc2ccco2)cc1. The molecule has 2 rings (SSSR count). The lowest BCUT2D eigenvalue weighted by molar-refractivity contribution is -0.274. The summed E-state index contributed by atoms with van der Waals surface area (Å²) < 4.78 is 45.0. The molecule has 1 aromatic heterocycles. The Morgan fingerprint density at radius 2 is 1.71 bits per heavy atom. The minimum Gasteiger partial charge on any atom is -0.468 e. The van der Waals surface area contributed by atoms with Gasteiger partial charge in [-0.2, -0.15) is 0 Å². The standard InChI is InChI=1S/C13H11F3O2S3/c14-13(15,16)18-11-5-3-10(4-6-11)8-19-21-20-9-12-2-1-7-17-12/h1-7H,8-9H2. The van der Waals surface area contributed by atoms with E-state index in [1.54, 1.807) is 49.8 Å². The van der Waals surface area contributed by atoms with Gasteiger partial charge in [0.05, 0.1) is 12.0 Å². The maximum Gasteiger partial charge on any atom is 0.573 e. The van der Waals surface area contributed by atoms with Crippen LogP contribution in [-0.4, -0.2) is 6.36 Å². The van der Waals surface area contributed by atoms with Crippen molar-refractivity contribution >= 4 is 31.4 Å². The van der Waals surface area contributed by atoms with E-state index in [4.69, 9.17) is 4.42 Å². The third kappa shape index (κ3) is 6.62. The maximum absolute atomic E-state index is 12.0. The summed E-state index contributed by atoms with van der Waals surface area (Å²) in [6.45, 7) is 0. The van der Waals surface area contributed by atoms with Gasteiger partial charge in [0.1, 0.15) is 11.5 Å². The van der Waals surface area contributed by atoms with E-state index in [9.17, 15) is 13.2 Å². The maximum atomic E-state index is 12.0. The monoisotopic (exact) mass is 352 g/mol. The summed E-state index contributed by atoms with van der Waals surface area (Å²) in [4.78, 5) is 0. The van der Waals surface area contributed by atoms with Crippen molar-refractivity contribution in [3.05, 3.63) is 54.0 Å². The average Bonchev–Trinajstić information content (AvgIpc) is 2.92. The van der Waals surface area contributed by atoms with Crippen LogP contribution in [0.4, 0.5) is 13.2 Å². The van der Waals surface area contributed by atoms with Crippen molar-refractivity contribution in [1.82, 2.24) is 0 Å². The van der Waals surface area contributed by atoms with Crippen molar-refractivity contribution < 1.29 is 22.3 Å². The molecule has 0 aliphatic rings. The van der Waals surface area contributed by atoms with Crippen LogP contribution in [0.5, 0.6) is 5.75 Å². The Morgan fingerprint density at radius 3 is 2.33 bits per heavy atom. The smallest absolute Gasteiger partial charge is 0.468 e. The first kappa shape index (κ1) is 16.5. The summed E-state index contributed by atoms with van der Waals surface area (Å²) in [6.07, 6.45) is -3.01. The predicted octanol–water partition coefficient (Wildman–Crippen LogP) is 5.91. The molecule has 0 bridgehead atoms. The fraction of sp³-hybridized carbons (Fsp3) is 0.231. The Hall–Kier alpha value is -0.860. The zero-order valence-electron chi connectivity index (χ0n) is 10.6. The zero-order chi connectivity index (χ0) is 15.1. The van der Waals surface area contributed by atoms with Gasteiger partial charge in [0.25, 0.3) is 0 Å². The molecule has 0 saturated heterocycles. The molecule has 0 fully saturated rings. The number of furan rings is 1. The highest BCUT2D eigenvalue weighted by Gasteiger charge is 2.30. The van der Waals surface area contributed by atoms with Crippen molar-refractivity contribution in [2.24, 2.45) is 0 Å². The molecule has 1 heterocycles. The summed E-state index contributed by atoms with van der Waals surface area (Å²) in [5.74, 6) is 2.21. The van der Waals surface area contributed by atoms with Crippen molar-refractivity contribution in [1.29, 1.82) is 0 Å². The van der Waals surface area contributed by atoms with Crippen LogP contribution in [0.2, 0.25) is 0 Å². The molecule has 21 heavy (non-hydrogen) atoms. The first-order valence-corrected chi connectivity index (χ1v) is 9.63. The van der Waals surface area contributed by atoms with Gasteiger partial charge < -0.3 is 9.15 Å². The van der Waals surface area contributed by atoms with E-state index in [2.05, 4.69) is 4.74 Å². The van der Waals surface area contributed by atoms with Gasteiger partial charge in [-0.3, -0.25) is 0 Å². The van der Waals surface area contributed by atoms with E-state index in [1.807, 2.05) is 12.1 Å². The molecule has 0 saturated carbocycles. The predicted molar refractivity (Wildman–Crippen MR) is 82.0 cm³/mol. The van der Waals surface area contributed by atoms with Crippen molar-refractivity contribution in [3.63, 3.8) is 0 Å². The van der Waals surface area contributed by atoms with E-state index < -0.39 is 6.36 Å². The molecule has 2 nitrogen and oxygen atoms in total. The molecule has 2 aromatic rings. The topological polar surface area (TPSA) is 22.4 Å². The molecule has 1 aromatic carbocycles. The number of hydrogen-bond donors (Lipinski definition) is 0. The molecule has 0 aliphatic carbocycles. The fourth-order valence-corrected chi connectivity index (χ4v) is 4.89. The van der Waals surface area contributed by atoms with Crippen molar-refractivity contribution in [2.75, 3.05) is 0 Å². The molecule has 0 aliphatic heterocycles. The van der Waals surface area contributed by atoms with Crippen LogP contribution < -0.4 is 4.74 Å². The van der Waals surface area contributed by atoms with Crippen molar-refractivity contribution in [2.45, 2.75) is 17.9 Å². The number of hydrogen-bond acceptors (Lipinski definition) is 5. The van der Waals surface area contributed by atoms with Crippen LogP contribution in [0, 0.1) is 0 Å². The molecule has 0 amide bonds. The van der Waals surface area contributed by atoms with E-state index >= 15 is 0 Å². The second-order valence-electron chi connectivity index (χ2n) is 3.86. The Labute approximate surface area is 131 Å². The Bertz CT molecular complexity index is 527. The van der Waals surface area contributed by atoms with E-state index in [0.29, 0.717) is 5.75 Å². The fourth-order valence-electron chi connectivity index (χ4n) is 1.39. The quantitative estimate of drug-likeness (QED) is 0.455. The molecule has 0 spiro atoms. The molecule has 0 unspecified atom stereocenters. The highest BCUT2D eigenvalue weighted by Crippen LogP contribution is 2.39. The molecular weight excluding hydrogens is 341 g/mol. The lowest BCUT2D eigenvalue weighted by atomic mass is 10.2. The van der Waals surface area contributed by atoms with Crippen molar-refractivity contribution in [3.8, 4) is 5.75 Å². The summed E-state index contributed by atoms with van der Waals surface area (Å²) in [5.41, 5.74) is 0.945. The summed E-state index contributed by atoms with van der Waals surface area (Å²) in [7, 11) is 4.90. The number of ether oxygens (including phenoxy) is 1. The van der Waals surface area contributed by atoms with Crippen LogP contribution in [0.15, 0.2) is 47.1 Å². The molecule has 0 N–H and O–H groups in total. The average molecular weight is 352 g/mol. The van der Waals surface area contributed by atoms with E-state index in [-0.39, 0.29) is 5.75 Å². The van der Waals surface area contributed by atoms with Gasteiger partial charge in [-0.25, -0.2) is 0 Å². The second kappa shape index (κ2) is 7.95. The van der Waals surface area contributed by atoms with Gasteiger partial charge in [0.2, 0.25) is 0 Å². The van der Waals surface area contributed by atoms with Gasteiger partial charge in [0.15, 0.2) is 0 Å². The molecule has 0 atom stereocenters. The Balaban J connectivity index is 1.66. The summed E-state index contributed by atoms with van der Waals surface area (Å²) in [6, 6.07) is 9.67. The van der Waals surface area contributed by atoms with E-state index in [0.717, 1.165) is 17.1 Å². The second-order valence-corrected chi connectivity index (χ2v) is 8.10. The van der Waals surface area contributed by atoms with Gasteiger partial charge in [-0.1, -0.05) is 33.7 Å². The third-order valence-electron chi connectivity index (χ3n) is 2.26. The lowest BCUT2D eigenvalue weighted by Crippen LogP contribution is -2.16. The highest BCUT2D eigenvalue weighted by molar-refractivity contribution is 9.09. The first-order valence-electron chi connectivity index (χ1n) is 5.81.